The molecule has 6 nitrogen and oxygen atoms in total. The summed E-state index contributed by atoms with van der Waals surface area (Å²) >= 11 is 0. The van der Waals surface area contributed by atoms with Crippen LogP contribution < -0.4 is 10.9 Å². The highest BCUT2D eigenvalue weighted by Crippen LogP contribution is 2.49. The Morgan fingerprint density at radius 1 is 1.26 bits per heavy atom. The van der Waals surface area contributed by atoms with E-state index in [0.717, 1.165) is 6.42 Å². The average molecular weight is 318 g/mol. The van der Waals surface area contributed by atoms with Crippen molar-refractivity contribution in [2.24, 2.45) is 17.8 Å². The van der Waals surface area contributed by atoms with Gasteiger partial charge in [-0.25, -0.2) is 4.79 Å². The van der Waals surface area contributed by atoms with Crippen LogP contribution in [-0.2, 0) is 9.53 Å². The maximum Gasteiger partial charge on any atom is 0.339 e. The van der Waals surface area contributed by atoms with Gasteiger partial charge in [-0.1, -0.05) is 32.1 Å². The molecule has 2 saturated carbocycles. The van der Waals surface area contributed by atoms with E-state index in [4.69, 9.17) is 0 Å². The number of aromatic amines is 1. The summed E-state index contributed by atoms with van der Waals surface area (Å²) < 4.78 is 4.62. The first-order valence-electron chi connectivity index (χ1n) is 8.22. The minimum Gasteiger partial charge on any atom is -0.465 e. The third kappa shape index (κ3) is 3.46. The molecule has 2 aliphatic rings. The first-order chi connectivity index (χ1) is 11.1. The van der Waals surface area contributed by atoms with Gasteiger partial charge in [-0.2, -0.15) is 0 Å². The van der Waals surface area contributed by atoms with Gasteiger partial charge >= 0.3 is 5.97 Å². The van der Waals surface area contributed by atoms with Crippen molar-refractivity contribution in [2.75, 3.05) is 12.4 Å². The summed E-state index contributed by atoms with van der Waals surface area (Å²) in [6.45, 7) is 0. The predicted molar refractivity (Wildman–Crippen MR) is 85.2 cm³/mol. The molecule has 0 radical (unpaired) electrons. The van der Waals surface area contributed by atoms with Gasteiger partial charge in [0.05, 0.1) is 12.7 Å². The molecule has 1 aromatic rings. The molecule has 0 spiro atoms. The molecular weight excluding hydrogens is 296 g/mol. The van der Waals surface area contributed by atoms with E-state index in [9.17, 15) is 14.4 Å². The Kier molecular flexibility index (Phi) is 4.50. The minimum absolute atomic E-state index is 0.000664. The lowest BCUT2D eigenvalue weighted by molar-refractivity contribution is -0.117. The van der Waals surface area contributed by atoms with E-state index >= 15 is 0 Å². The van der Waals surface area contributed by atoms with Gasteiger partial charge in [0.15, 0.2) is 0 Å². The molecular formula is C17H22N2O4. The topological polar surface area (TPSA) is 88.3 Å². The number of esters is 1. The van der Waals surface area contributed by atoms with E-state index in [-0.39, 0.29) is 23.1 Å². The van der Waals surface area contributed by atoms with Gasteiger partial charge < -0.3 is 15.0 Å². The summed E-state index contributed by atoms with van der Waals surface area (Å²) in [5.74, 6) is 0.438. The lowest BCUT2D eigenvalue weighted by atomic mass is 9.85. The summed E-state index contributed by atoms with van der Waals surface area (Å²) in [4.78, 5) is 38.1. The minimum atomic E-state index is -0.553. The van der Waals surface area contributed by atoms with Crippen molar-refractivity contribution >= 4 is 17.6 Å². The number of carbonyl (C=O) groups excluding carboxylic acids is 2. The van der Waals surface area contributed by atoms with Gasteiger partial charge in [0, 0.05) is 12.1 Å². The molecule has 1 heterocycles. The number of hydrogen-bond donors (Lipinski definition) is 2. The van der Waals surface area contributed by atoms with Crippen LogP contribution in [0.25, 0.3) is 0 Å². The molecule has 0 bridgehead atoms. The number of aromatic nitrogens is 1. The molecule has 2 aliphatic carbocycles. The Bertz CT molecular complexity index is 661. The van der Waals surface area contributed by atoms with Crippen molar-refractivity contribution in [1.29, 1.82) is 0 Å². The van der Waals surface area contributed by atoms with Crippen molar-refractivity contribution in [3.05, 3.63) is 28.2 Å². The van der Waals surface area contributed by atoms with Crippen molar-refractivity contribution in [3.8, 4) is 0 Å². The SMILES string of the molecule is COC(=O)c1c[nH]c(=O)c(NC(=O)[C@H]2C[C@H]2C2CCCCC2)c1. The number of anilines is 1. The normalized spacial score (nSPS) is 24.0. The van der Waals surface area contributed by atoms with Gasteiger partial charge in [0.25, 0.3) is 5.56 Å². The van der Waals surface area contributed by atoms with Crippen LogP contribution in [0.5, 0.6) is 0 Å². The summed E-state index contributed by atoms with van der Waals surface area (Å²) in [7, 11) is 1.27. The summed E-state index contributed by atoms with van der Waals surface area (Å²) in [5.41, 5.74) is -0.102. The predicted octanol–water partition coefficient (Wildman–Crippen LogP) is 2.32. The molecule has 0 unspecified atom stereocenters. The number of ether oxygens (including phenoxy) is 1. The fourth-order valence-corrected chi connectivity index (χ4v) is 3.64. The van der Waals surface area contributed by atoms with Crippen molar-refractivity contribution in [2.45, 2.75) is 38.5 Å². The number of amides is 1. The molecule has 0 saturated heterocycles. The maximum absolute atomic E-state index is 12.4. The number of H-pyrrole nitrogens is 1. The van der Waals surface area contributed by atoms with Gasteiger partial charge in [-0.15, -0.1) is 0 Å². The van der Waals surface area contributed by atoms with E-state index in [1.165, 1.54) is 51.5 Å². The second-order valence-corrected chi connectivity index (χ2v) is 6.52. The molecule has 2 fully saturated rings. The molecule has 1 aromatic heterocycles. The number of rotatable bonds is 4. The Balaban J connectivity index is 1.64. The Labute approximate surface area is 134 Å². The molecule has 124 valence electrons. The molecule has 2 N–H and O–H groups in total. The van der Waals surface area contributed by atoms with Crippen molar-refractivity contribution < 1.29 is 14.3 Å². The quantitative estimate of drug-likeness (QED) is 0.834. The third-order valence-corrected chi connectivity index (χ3v) is 5.01. The molecule has 0 aliphatic heterocycles. The van der Waals surface area contributed by atoms with E-state index in [2.05, 4.69) is 15.0 Å². The van der Waals surface area contributed by atoms with E-state index < -0.39 is 11.5 Å². The van der Waals surface area contributed by atoms with Crippen LogP contribution in [0.4, 0.5) is 5.69 Å². The van der Waals surface area contributed by atoms with E-state index in [1.54, 1.807) is 0 Å². The van der Waals surface area contributed by atoms with Gasteiger partial charge in [-0.05, 0) is 24.3 Å². The van der Waals surface area contributed by atoms with Gasteiger partial charge in [0.2, 0.25) is 5.91 Å². The summed E-state index contributed by atoms with van der Waals surface area (Å²) in [5, 5.41) is 2.67. The molecule has 2 atom stereocenters. The smallest absolute Gasteiger partial charge is 0.339 e. The van der Waals surface area contributed by atoms with Crippen LogP contribution in [-0.4, -0.2) is 24.0 Å². The van der Waals surface area contributed by atoms with Crippen molar-refractivity contribution in [1.82, 2.24) is 4.98 Å². The number of methoxy groups -OCH3 is 1. The lowest BCUT2D eigenvalue weighted by Crippen LogP contribution is -2.23. The van der Waals surface area contributed by atoms with E-state index in [0.29, 0.717) is 11.8 Å². The Hall–Kier alpha value is -2.11. The fourth-order valence-electron chi connectivity index (χ4n) is 3.64. The molecule has 23 heavy (non-hydrogen) atoms. The van der Waals surface area contributed by atoms with Crippen molar-refractivity contribution in [3.63, 3.8) is 0 Å². The maximum atomic E-state index is 12.4. The zero-order valence-electron chi connectivity index (χ0n) is 13.3. The van der Waals surface area contributed by atoms with Gasteiger partial charge in [0.1, 0.15) is 5.69 Å². The van der Waals surface area contributed by atoms with Gasteiger partial charge in [-0.3, -0.25) is 9.59 Å². The third-order valence-electron chi connectivity index (χ3n) is 5.01. The molecule has 3 rings (SSSR count). The first kappa shape index (κ1) is 15.8. The zero-order valence-corrected chi connectivity index (χ0v) is 13.3. The molecule has 1 amide bonds. The van der Waals surface area contributed by atoms with Crippen LogP contribution in [0.2, 0.25) is 0 Å². The van der Waals surface area contributed by atoms with Crippen LogP contribution in [0.1, 0.15) is 48.9 Å². The first-order valence-corrected chi connectivity index (χ1v) is 8.22. The number of hydrogen-bond acceptors (Lipinski definition) is 4. The number of pyridine rings is 1. The molecule has 6 heteroatoms. The highest BCUT2D eigenvalue weighted by atomic mass is 16.5. The highest BCUT2D eigenvalue weighted by Gasteiger charge is 2.47. The standard InChI is InChI=1S/C17H22N2O4/c1-23-17(22)11-7-14(16(21)18-9-11)19-15(20)13-8-12(13)10-5-3-2-4-6-10/h7,9-10,12-13H,2-6,8H2,1H3,(H,18,21)(H,19,20)/t12-,13-/m0/s1. The summed E-state index contributed by atoms with van der Waals surface area (Å²) in [6.07, 6.45) is 8.44. The number of carbonyl (C=O) groups is 2. The van der Waals surface area contributed by atoms with Crippen LogP contribution >= 0.6 is 0 Å². The number of nitrogens with one attached hydrogen (secondary N) is 2. The monoisotopic (exact) mass is 318 g/mol. The Morgan fingerprint density at radius 3 is 2.70 bits per heavy atom. The van der Waals surface area contributed by atoms with Crippen LogP contribution in [0, 0.1) is 17.8 Å². The van der Waals surface area contributed by atoms with Crippen LogP contribution in [0.3, 0.4) is 0 Å². The van der Waals surface area contributed by atoms with E-state index in [1.807, 2.05) is 0 Å². The fraction of sp³-hybridized carbons (Fsp3) is 0.588. The van der Waals surface area contributed by atoms with Crippen LogP contribution in [0.15, 0.2) is 17.1 Å². The summed E-state index contributed by atoms with van der Waals surface area (Å²) in [6, 6.07) is 1.36. The molecule has 0 aromatic carbocycles. The Morgan fingerprint density at radius 2 is 2.00 bits per heavy atom. The lowest BCUT2D eigenvalue weighted by Gasteiger charge is -2.21. The second-order valence-electron chi connectivity index (χ2n) is 6.52. The largest absolute Gasteiger partial charge is 0.465 e. The second kappa shape index (κ2) is 6.56. The highest BCUT2D eigenvalue weighted by molar-refractivity contribution is 5.96. The average Bonchev–Trinajstić information content (AvgIpc) is 3.37. The zero-order chi connectivity index (χ0) is 16.4.